The van der Waals surface area contributed by atoms with Crippen molar-refractivity contribution in [2.45, 2.75) is 30.5 Å². The summed E-state index contributed by atoms with van der Waals surface area (Å²) in [6, 6.07) is 20.7. The molecule has 0 N–H and O–H groups in total. The minimum Gasteiger partial charge on any atom is -0.469 e. The molecule has 4 rings (SSSR count). The molecule has 0 aliphatic carbocycles. The zero-order valence-corrected chi connectivity index (χ0v) is 27.2. The molecule has 1 unspecified atom stereocenters. The number of benzene rings is 4. The standard InChI is InChI=1S/C34H31ClF4N2O5S/c1-40(2)31-15-13-27(20-30(31)36)47(44,45)41(21-23-12-14-29(35)28(17-23)34(37,38)39)26-11-7-10-24(18-26)32(42)19-25(33(43)46-3)16-22-8-5-4-6-9-22/h4-15,17-18,20,25H,16,19,21H2,1-3H3. The van der Waals surface area contributed by atoms with Crippen molar-refractivity contribution in [1.29, 1.82) is 0 Å². The summed E-state index contributed by atoms with van der Waals surface area (Å²) < 4.78 is 89.8. The second-order valence-electron chi connectivity index (χ2n) is 10.9. The van der Waals surface area contributed by atoms with E-state index in [1.165, 1.54) is 54.5 Å². The van der Waals surface area contributed by atoms with Crippen LogP contribution in [0.15, 0.2) is 95.9 Å². The van der Waals surface area contributed by atoms with Gasteiger partial charge in [0.15, 0.2) is 5.78 Å². The maximum absolute atomic E-state index is 14.9. The minimum atomic E-state index is -4.82. The molecule has 0 spiro atoms. The molecule has 0 bridgehead atoms. The number of hydrogen-bond donors (Lipinski definition) is 0. The van der Waals surface area contributed by atoms with Crippen LogP contribution in [0.5, 0.6) is 0 Å². The van der Waals surface area contributed by atoms with Crippen LogP contribution in [0, 0.1) is 11.7 Å². The highest BCUT2D eigenvalue weighted by atomic mass is 35.5. The number of rotatable bonds is 12. The maximum Gasteiger partial charge on any atom is 0.417 e. The molecule has 0 aliphatic heterocycles. The van der Waals surface area contributed by atoms with Crippen LogP contribution >= 0.6 is 11.6 Å². The number of Topliss-reactive ketones (excluding diaryl/α,β-unsaturated/α-hetero) is 1. The molecule has 0 heterocycles. The molecule has 0 radical (unpaired) electrons. The number of halogens is 5. The molecule has 0 fully saturated rings. The van der Waals surface area contributed by atoms with Gasteiger partial charge >= 0.3 is 12.1 Å². The second-order valence-corrected chi connectivity index (χ2v) is 13.2. The molecule has 47 heavy (non-hydrogen) atoms. The van der Waals surface area contributed by atoms with Crippen LogP contribution in [0.25, 0.3) is 0 Å². The Kier molecular flexibility index (Phi) is 11.0. The van der Waals surface area contributed by atoms with Gasteiger partial charge < -0.3 is 9.64 Å². The van der Waals surface area contributed by atoms with Crippen LogP contribution < -0.4 is 9.21 Å². The van der Waals surface area contributed by atoms with E-state index in [1.54, 1.807) is 38.4 Å². The molecule has 248 valence electrons. The summed E-state index contributed by atoms with van der Waals surface area (Å²) in [5.41, 5.74) is -0.339. The average molecular weight is 691 g/mol. The number of ether oxygens (including phenoxy) is 1. The third-order valence-corrected chi connectivity index (χ3v) is 9.50. The monoisotopic (exact) mass is 690 g/mol. The highest BCUT2D eigenvalue weighted by Crippen LogP contribution is 2.36. The van der Waals surface area contributed by atoms with Gasteiger partial charge in [-0.1, -0.05) is 60.1 Å². The summed E-state index contributed by atoms with van der Waals surface area (Å²) in [6.45, 7) is -0.615. The molecule has 0 aromatic heterocycles. The van der Waals surface area contributed by atoms with E-state index in [1.807, 2.05) is 6.07 Å². The lowest BCUT2D eigenvalue weighted by molar-refractivity contribution is -0.145. The average Bonchev–Trinajstić information content (AvgIpc) is 3.03. The van der Waals surface area contributed by atoms with E-state index < -0.39 is 61.7 Å². The number of sulfonamides is 1. The summed E-state index contributed by atoms with van der Waals surface area (Å²) in [5.74, 6) is -2.78. The van der Waals surface area contributed by atoms with Crippen molar-refractivity contribution in [1.82, 2.24) is 0 Å². The summed E-state index contributed by atoms with van der Waals surface area (Å²) in [4.78, 5) is 27.1. The Morgan fingerprint density at radius 3 is 2.21 bits per heavy atom. The minimum absolute atomic E-state index is 0.0471. The van der Waals surface area contributed by atoms with E-state index in [2.05, 4.69) is 0 Å². The molecule has 4 aromatic rings. The van der Waals surface area contributed by atoms with Crippen molar-refractivity contribution >= 4 is 44.8 Å². The molecule has 0 aliphatic rings. The molecule has 1 atom stereocenters. The van der Waals surface area contributed by atoms with Crippen molar-refractivity contribution < 1.29 is 40.3 Å². The lowest BCUT2D eigenvalue weighted by Gasteiger charge is -2.26. The lowest BCUT2D eigenvalue weighted by Crippen LogP contribution is -2.31. The Morgan fingerprint density at radius 1 is 0.894 bits per heavy atom. The van der Waals surface area contributed by atoms with Crippen molar-refractivity contribution in [2.75, 3.05) is 30.4 Å². The predicted molar refractivity (Wildman–Crippen MR) is 172 cm³/mol. The van der Waals surface area contributed by atoms with Gasteiger partial charge in [-0.3, -0.25) is 13.9 Å². The van der Waals surface area contributed by atoms with Gasteiger partial charge in [-0.05, 0) is 60.0 Å². The highest BCUT2D eigenvalue weighted by Gasteiger charge is 2.34. The number of carbonyl (C=O) groups is 2. The second kappa shape index (κ2) is 14.6. The molecular weight excluding hydrogens is 660 g/mol. The van der Waals surface area contributed by atoms with Crippen molar-refractivity contribution in [3.05, 3.63) is 124 Å². The van der Waals surface area contributed by atoms with Gasteiger partial charge in [0.05, 0.1) is 46.4 Å². The molecule has 7 nitrogen and oxygen atoms in total. The summed E-state index contributed by atoms with van der Waals surface area (Å²) in [5, 5.41) is -0.569. The predicted octanol–water partition coefficient (Wildman–Crippen LogP) is 7.56. The van der Waals surface area contributed by atoms with Crippen LogP contribution in [0.1, 0.15) is 33.5 Å². The lowest BCUT2D eigenvalue weighted by atomic mass is 9.92. The number of alkyl halides is 3. The number of ketones is 1. The third kappa shape index (κ3) is 8.49. The van der Waals surface area contributed by atoms with Crippen LogP contribution in [-0.2, 0) is 38.7 Å². The number of nitrogens with zero attached hydrogens (tertiary/aromatic N) is 2. The first-order valence-electron chi connectivity index (χ1n) is 14.2. The quantitative estimate of drug-likeness (QED) is 0.0867. The fourth-order valence-corrected chi connectivity index (χ4v) is 6.67. The first-order valence-corrected chi connectivity index (χ1v) is 16.0. The van der Waals surface area contributed by atoms with E-state index in [0.717, 1.165) is 28.1 Å². The number of carbonyl (C=O) groups excluding carboxylic acids is 2. The fraction of sp³-hybridized carbons (Fsp3) is 0.235. The normalized spacial score (nSPS) is 12.3. The van der Waals surface area contributed by atoms with Crippen molar-refractivity contribution in [3.63, 3.8) is 0 Å². The Hall–Kier alpha value is -4.42. The number of hydrogen-bond acceptors (Lipinski definition) is 6. The van der Waals surface area contributed by atoms with E-state index >= 15 is 0 Å². The first kappa shape index (κ1) is 35.4. The van der Waals surface area contributed by atoms with Crippen molar-refractivity contribution in [2.24, 2.45) is 5.92 Å². The van der Waals surface area contributed by atoms with Crippen LogP contribution in [0.2, 0.25) is 5.02 Å². The summed E-state index contributed by atoms with van der Waals surface area (Å²) in [6.07, 6.45) is -4.86. The fourth-order valence-electron chi connectivity index (χ4n) is 4.99. The molecule has 0 saturated carbocycles. The van der Waals surface area contributed by atoms with Gasteiger partial charge in [0.2, 0.25) is 0 Å². The summed E-state index contributed by atoms with van der Waals surface area (Å²) in [7, 11) is -0.264. The largest absolute Gasteiger partial charge is 0.469 e. The smallest absolute Gasteiger partial charge is 0.417 e. The molecule has 0 amide bonds. The number of esters is 1. The molecule has 13 heteroatoms. The summed E-state index contributed by atoms with van der Waals surface area (Å²) >= 11 is 5.79. The van der Waals surface area contributed by atoms with E-state index in [4.69, 9.17) is 16.3 Å². The SMILES string of the molecule is COC(=O)C(CC(=O)c1cccc(N(Cc2ccc(Cl)c(C(F)(F)F)c2)S(=O)(=O)c2ccc(N(C)C)c(F)c2)c1)Cc1ccccc1. The van der Waals surface area contributed by atoms with Crippen LogP contribution in [0.4, 0.5) is 28.9 Å². The van der Waals surface area contributed by atoms with Gasteiger partial charge in [-0.25, -0.2) is 12.8 Å². The zero-order valence-electron chi connectivity index (χ0n) is 25.6. The Balaban J connectivity index is 1.76. The van der Waals surface area contributed by atoms with Gasteiger partial charge in [-0.15, -0.1) is 0 Å². The van der Waals surface area contributed by atoms with Gasteiger partial charge in [-0.2, -0.15) is 13.2 Å². The highest BCUT2D eigenvalue weighted by molar-refractivity contribution is 7.92. The van der Waals surface area contributed by atoms with Gasteiger partial charge in [0.1, 0.15) is 5.82 Å². The van der Waals surface area contributed by atoms with Crippen LogP contribution in [-0.4, -0.2) is 41.4 Å². The van der Waals surface area contributed by atoms with Gasteiger partial charge in [0.25, 0.3) is 10.0 Å². The van der Waals surface area contributed by atoms with Crippen LogP contribution in [0.3, 0.4) is 0 Å². The zero-order chi connectivity index (χ0) is 34.5. The molecule has 4 aromatic carbocycles. The molecule has 0 saturated heterocycles. The Labute approximate surface area is 275 Å². The Morgan fingerprint density at radius 2 is 1.60 bits per heavy atom. The van der Waals surface area contributed by atoms with E-state index in [9.17, 15) is 35.6 Å². The molecular formula is C34H31ClF4N2O5S. The van der Waals surface area contributed by atoms with Crippen molar-refractivity contribution in [3.8, 4) is 0 Å². The first-order chi connectivity index (χ1) is 22.1. The van der Waals surface area contributed by atoms with E-state index in [0.29, 0.717) is 0 Å². The number of methoxy groups -OCH3 is 1. The van der Waals surface area contributed by atoms with Gasteiger partial charge in [0, 0.05) is 26.1 Å². The topological polar surface area (TPSA) is 84.0 Å². The maximum atomic E-state index is 14.9. The van der Waals surface area contributed by atoms with E-state index in [-0.39, 0.29) is 35.3 Å². The number of anilines is 2. The Bertz CT molecular complexity index is 1870. The third-order valence-electron chi connectivity index (χ3n) is 7.40.